The van der Waals surface area contributed by atoms with Crippen LogP contribution in [0, 0.1) is 0 Å². The highest BCUT2D eigenvalue weighted by atomic mass is 79.9. The third kappa shape index (κ3) is 3.79. The van der Waals surface area contributed by atoms with E-state index in [2.05, 4.69) is 44.9 Å². The Morgan fingerprint density at radius 2 is 1.78 bits per heavy atom. The van der Waals surface area contributed by atoms with Crippen molar-refractivity contribution in [2.24, 2.45) is 0 Å². The Bertz CT molecular complexity index is 361. The first-order valence-electron chi connectivity index (χ1n) is 6.46. The molecular weight excluding hydrogens is 292 g/mol. The smallest absolute Gasteiger partial charge is 0.0512 e. The van der Waals surface area contributed by atoms with Crippen LogP contribution in [0.5, 0.6) is 0 Å². The van der Waals surface area contributed by atoms with Crippen molar-refractivity contribution >= 4 is 15.9 Å². The Labute approximate surface area is 118 Å². The lowest BCUT2D eigenvalue weighted by atomic mass is 9.99. The van der Waals surface area contributed by atoms with E-state index in [-0.39, 0.29) is 12.5 Å². The van der Waals surface area contributed by atoms with Gasteiger partial charge in [0.25, 0.3) is 0 Å². The molecule has 1 aliphatic rings. The number of hydrogen-bond acceptors (Lipinski definition) is 3. The van der Waals surface area contributed by atoms with Gasteiger partial charge in [0.1, 0.15) is 0 Å². The molecule has 2 rings (SSSR count). The second kappa shape index (κ2) is 6.66. The minimum Gasteiger partial charge on any atom is -0.396 e. The van der Waals surface area contributed by atoms with E-state index in [4.69, 9.17) is 0 Å². The molecule has 1 unspecified atom stereocenters. The molecule has 100 valence electrons. The van der Waals surface area contributed by atoms with Crippen LogP contribution >= 0.6 is 15.9 Å². The molecule has 1 saturated heterocycles. The van der Waals surface area contributed by atoms with E-state index < -0.39 is 0 Å². The predicted molar refractivity (Wildman–Crippen MR) is 77.9 cm³/mol. The molecule has 1 aromatic carbocycles. The maximum Gasteiger partial charge on any atom is 0.0512 e. The van der Waals surface area contributed by atoms with Crippen LogP contribution in [0.15, 0.2) is 28.7 Å². The number of likely N-dealkylation sites (N-methyl/N-ethyl adjacent to an activating group) is 1. The molecule has 1 fully saturated rings. The van der Waals surface area contributed by atoms with Crippen molar-refractivity contribution in [3.8, 4) is 0 Å². The minimum atomic E-state index is 0.216. The maximum absolute atomic E-state index is 9.58. The summed E-state index contributed by atoms with van der Waals surface area (Å²) in [5.74, 6) is 0.224. The van der Waals surface area contributed by atoms with Crippen molar-refractivity contribution in [1.29, 1.82) is 0 Å². The van der Waals surface area contributed by atoms with E-state index in [1.165, 1.54) is 5.56 Å². The van der Waals surface area contributed by atoms with Gasteiger partial charge in [-0.25, -0.2) is 0 Å². The molecule has 1 aromatic rings. The molecule has 1 heterocycles. The molecule has 1 N–H and O–H groups in total. The molecule has 0 bridgehead atoms. The van der Waals surface area contributed by atoms with Crippen LogP contribution in [0.1, 0.15) is 11.5 Å². The zero-order chi connectivity index (χ0) is 13.0. The van der Waals surface area contributed by atoms with Gasteiger partial charge in [-0.3, -0.25) is 0 Å². The Kier molecular flexibility index (Phi) is 5.18. The summed E-state index contributed by atoms with van der Waals surface area (Å²) in [4.78, 5) is 4.80. The standard InChI is InChI=1S/C14H21BrN2O/c1-16-6-8-17(9-7-16)10-13(11-18)12-2-4-14(15)5-3-12/h2-5,13,18H,6-11H2,1H3. The predicted octanol–water partition coefficient (Wildman–Crippen LogP) is 1.77. The summed E-state index contributed by atoms with van der Waals surface area (Å²) < 4.78 is 1.09. The topological polar surface area (TPSA) is 26.7 Å². The number of aliphatic hydroxyl groups excluding tert-OH is 1. The van der Waals surface area contributed by atoms with E-state index >= 15 is 0 Å². The average Bonchev–Trinajstić information content (AvgIpc) is 2.39. The first-order valence-corrected chi connectivity index (χ1v) is 7.25. The summed E-state index contributed by atoms with van der Waals surface area (Å²) in [5, 5.41) is 9.58. The van der Waals surface area contributed by atoms with Gasteiger partial charge in [0.2, 0.25) is 0 Å². The number of hydrogen-bond donors (Lipinski definition) is 1. The largest absolute Gasteiger partial charge is 0.396 e. The number of nitrogens with zero attached hydrogens (tertiary/aromatic N) is 2. The van der Waals surface area contributed by atoms with Crippen LogP contribution in [0.25, 0.3) is 0 Å². The van der Waals surface area contributed by atoms with Crippen molar-refractivity contribution in [2.45, 2.75) is 5.92 Å². The Morgan fingerprint density at radius 3 is 2.33 bits per heavy atom. The first kappa shape index (κ1) is 14.0. The third-order valence-electron chi connectivity index (χ3n) is 3.64. The van der Waals surface area contributed by atoms with Gasteiger partial charge in [-0.2, -0.15) is 0 Å². The Balaban J connectivity index is 1.94. The zero-order valence-electron chi connectivity index (χ0n) is 10.8. The van der Waals surface area contributed by atoms with Gasteiger partial charge >= 0.3 is 0 Å². The van der Waals surface area contributed by atoms with Gasteiger partial charge in [0.15, 0.2) is 0 Å². The van der Waals surface area contributed by atoms with Crippen LogP contribution in [0.2, 0.25) is 0 Å². The number of halogens is 1. The second-order valence-electron chi connectivity index (χ2n) is 5.03. The second-order valence-corrected chi connectivity index (χ2v) is 5.95. The molecule has 0 amide bonds. The quantitative estimate of drug-likeness (QED) is 0.918. The fraction of sp³-hybridized carbons (Fsp3) is 0.571. The van der Waals surface area contributed by atoms with Crippen molar-refractivity contribution in [3.63, 3.8) is 0 Å². The van der Waals surface area contributed by atoms with Crippen LogP contribution in [0.4, 0.5) is 0 Å². The third-order valence-corrected chi connectivity index (χ3v) is 4.16. The summed E-state index contributed by atoms with van der Waals surface area (Å²) >= 11 is 3.44. The van der Waals surface area contributed by atoms with Crippen molar-refractivity contribution < 1.29 is 5.11 Å². The highest BCUT2D eigenvalue weighted by Crippen LogP contribution is 2.20. The number of aliphatic hydroxyl groups is 1. The van der Waals surface area contributed by atoms with Crippen LogP contribution < -0.4 is 0 Å². The molecule has 4 heteroatoms. The summed E-state index contributed by atoms with van der Waals surface area (Å²) in [6, 6.07) is 8.28. The Hall–Kier alpha value is -0.420. The summed E-state index contributed by atoms with van der Waals surface area (Å²) in [6.45, 7) is 5.62. The molecule has 0 saturated carbocycles. The monoisotopic (exact) mass is 312 g/mol. The molecule has 1 atom stereocenters. The normalized spacial score (nSPS) is 19.9. The summed E-state index contributed by atoms with van der Waals surface area (Å²) in [6.07, 6.45) is 0. The average molecular weight is 313 g/mol. The van der Waals surface area contributed by atoms with E-state index in [1.54, 1.807) is 0 Å². The molecule has 18 heavy (non-hydrogen) atoms. The van der Waals surface area contributed by atoms with E-state index in [1.807, 2.05) is 12.1 Å². The van der Waals surface area contributed by atoms with Crippen LogP contribution in [-0.2, 0) is 0 Å². The van der Waals surface area contributed by atoms with E-state index in [0.717, 1.165) is 37.2 Å². The van der Waals surface area contributed by atoms with Crippen molar-refractivity contribution in [2.75, 3.05) is 46.4 Å². The van der Waals surface area contributed by atoms with Gasteiger partial charge < -0.3 is 14.9 Å². The molecule has 0 spiro atoms. The molecular formula is C14H21BrN2O. The van der Waals surface area contributed by atoms with E-state index in [0.29, 0.717) is 0 Å². The molecule has 3 nitrogen and oxygen atoms in total. The van der Waals surface area contributed by atoms with Gasteiger partial charge in [-0.15, -0.1) is 0 Å². The fourth-order valence-electron chi connectivity index (χ4n) is 2.35. The molecule has 0 aliphatic carbocycles. The number of benzene rings is 1. The maximum atomic E-state index is 9.58. The lowest BCUT2D eigenvalue weighted by Crippen LogP contribution is -2.46. The van der Waals surface area contributed by atoms with Crippen molar-refractivity contribution in [1.82, 2.24) is 9.80 Å². The van der Waals surface area contributed by atoms with Gasteiger partial charge in [0, 0.05) is 43.1 Å². The molecule has 0 aromatic heterocycles. The number of piperazine rings is 1. The zero-order valence-corrected chi connectivity index (χ0v) is 12.4. The van der Waals surface area contributed by atoms with Gasteiger partial charge in [-0.1, -0.05) is 28.1 Å². The van der Waals surface area contributed by atoms with Crippen molar-refractivity contribution in [3.05, 3.63) is 34.3 Å². The summed E-state index contributed by atoms with van der Waals surface area (Å²) in [5.41, 5.74) is 1.22. The number of rotatable bonds is 4. The first-order chi connectivity index (χ1) is 8.69. The van der Waals surface area contributed by atoms with Gasteiger partial charge in [-0.05, 0) is 24.7 Å². The van der Waals surface area contributed by atoms with Gasteiger partial charge in [0.05, 0.1) is 6.61 Å². The lowest BCUT2D eigenvalue weighted by Gasteiger charge is -2.34. The highest BCUT2D eigenvalue weighted by molar-refractivity contribution is 9.10. The van der Waals surface area contributed by atoms with Crippen LogP contribution in [0.3, 0.4) is 0 Å². The van der Waals surface area contributed by atoms with Crippen LogP contribution in [-0.4, -0.2) is 61.3 Å². The minimum absolute atomic E-state index is 0.216. The highest BCUT2D eigenvalue weighted by Gasteiger charge is 2.19. The molecule has 1 aliphatic heterocycles. The fourth-order valence-corrected chi connectivity index (χ4v) is 2.61. The molecule has 0 radical (unpaired) electrons. The SMILES string of the molecule is CN1CCN(CC(CO)c2ccc(Br)cc2)CC1. The lowest BCUT2D eigenvalue weighted by molar-refractivity contribution is 0.133. The van der Waals surface area contributed by atoms with E-state index in [9.17, 15) is 5.11 Å². The Morgan fingerprint density at radius 1 is 1.17 bits per heavy atom. The summed E-state index contributed by atoms with van der Waals surface area (Å²) in [7, 11) is 2.16.